The van der Waals surface area contributed by atoms with Gasteiger partial charge in [-0.25, -0.2) is 0 Å². The summed E-state index contributed by atoms with van der Waals surface area (Å²) in [5.41, 5.74) is 5.15. The van der Waals surface area contributed by atoms with E-state index in [4.69, 9.17) is 10.5 Å². The minimum absolute atomic E-state index is 0.0638. The summed E-state index contributed by atoms with van der Waals surface area (Å²) < 4.78 is 46.3. The molecule has 0 radical (unpaired) electrons. The summed E-state index contributed by atoms with van der Waals surface area (Å²) in [5.74, 6) is -0.440. The Balaban J connectivity index is 2.53. The number of hydrogen-bond acceptors (Lipinski definition) is 4. The average Bonchev–Trinajstić information content (AvgIpc) is 2.40. The predicted octanol–water partition coefficient (Wildman–Crippen LogP) is 1.86. The van der Waals surface area contributed by atoms with Gasteiger partial charge in [0.1, 0.15) is 0 Å². The third-order valence-electron chi connectivity index (χ3n) is 2.34. The second-order valence-corrected chi connectivity index (χ2v) is 5.40. The van der Waals surface area contributed by atoms with E-state index < -0.39 is 24.2 Å². The molecule has 0 atom stereocenters. The number of halogens is 3. The van der Waals surface area contributed by atoms with Gasteiger partial charge in [0.25, 0.3) is 5.91 Å². The number of hydrogen-bond donors (Lipinski definition) is 2. The molecular weight excluding hydrogens is 301 g/mol. The Hall–Kier alpha value is -1.96. The van der Waals surface area contributed by atoms with Gasteiger partial charge in [-0.2, -0.15) is 13.2 Å². The Morgan fingerprint density at radius 2 is 1.73 bits per heavy atom. The lowest BCUT2D eigenvalue weighted by molar-refractivity contribution is -0.153. The molecule has 1 aromatic carbocycles. The molecule has 0 saturated heterocycles. The van der Waals surface area contributed by atoms with Crippen LogP contribution in [0.4, 0.5) is 13.2 Å². The van der Waals surface area contributed by atoms with Gasteiger partial charge in [-0.1, -0.05) is 12.1 Å². The van der Waals surface area contributed by atoms with Crippen LogP contribution in [0.15, 0.2) is 24.3 Å². The van der Waals surface area contributed by atoms with Gasteiger partial charge in [-0.3, -0.25) is 4.79 Å². The van der Waals surface area contributed by atoms with Crippen LogP contribution in [0.25, 0.3) is 0 Å². The van der Waals surface area contributed by atoms with Gasteiger partial charge in [0, 0.05) is 12.1 Å². The van der Waals surface area contributed by atoms with Crippen molar-refractivity contribution in [3.05, 3.63) is 24.3 Å². The van der Waals surface area contributed by atoms with Crippen molar-refractivity contribution in [2.75, 3.05) is 19.8 Å². The number of alkyl halides is 3. The molecule has 0 fully saturated rings. The van der Waals surface area contributed by atoms with Crippen molar-refractivity contribution < 1.29 is 27.4 Å². The first-order chi connectivity index (χ1) is 10.1. The SMILES string of the molecule is CC(C)(N)CNC(=O)COc1ccccc1OCC(F)(F)F. The van der Waals surface area contributed by atoms with Gasteiger partial charge in [-0.15, -0.1) is 0 Å². The highest BCUT2D eigenvalue weighted by Crippen LogP contribution is 2.28. The maximum Gasteiger partial charge on any atom is 0.422 e. The van der Waals surface area contributed by atoms with Crippen LogP contribution in [0, 0.1) is 0 Å². The number of rotatable bonds is 7. The highest BCUT2D eigenvalue weighted by Gasteiger charge is 2.29. The van der Waals surface area contributed by atoms with E-state index in [0.29, 0.717) is 0 Å². The molecule has 0 heterocycles. The average molecular weight is 320 g/mol. The van der Waals surface area contributed by atoms with Crippen molar-refractivity contribution in [3.8, 4) is 11.5 Å². The summed E-state index contributed by atoms with van der Waals surface area (Å²) in [6, 6.07) is 5.83. The lowest BCUT2D eigenvalue weighted by atomic mass is 10.1. The first kappa shape index (κ1) is 18.1. The van der Waals surface area contributed by atoms with Crippen LogP contribution >= 0.6 is 0 Å². The molecule has 22 heavy (non-hydrogen) atoms. The minimum atomic E-state index is -4.45. The molecule has 0 aliphatic carbocycles. The fraction of sp³-hybridized carbons (Fsp3) is 0.500. The first-order valence-corrected chi connectivity index (χ1v) is 6.54. The van der Waals surface area contributed by atoms with E-state index in [2.05, 4.69) is 10.1 Å². The van der Waals surface area contributed by atoms with Gasteiger partial charge >= 0.3 is 6.18 Å². The van der Waals surface area contributed by atoms with Gasteiger partial charge in [0.05, 0.1) is 0 Å². The van der Waals surface area contributed by atoms with Crippen molar-refractivity contribution in [1.82, 2.24) is 5.32 Å². The second kappa shape index (κ2) is 7.35. The second-order valence-electron chi connectivity index (χ2n) is 5.40. The molecule has 1 aromatic rings. The molecular formula is C14H19F3N2O3. The molecule has 0 aliphatic rings. The number of carbonyl (C=O) groups is 1. The molecule has 0 aliphatic heterocycles. The topological polar surface area (TPSA) is 73.6 Å². The zero-order chi connectivity index (χ0) is 16.8. The zero-order valence-corrected chi connectivity index (χ0v) is 12.4. The summed E-state index contributed by atoms with van der Waals surface area (Å²) in [7, 11) is 0. The van der Waals surface area contributed by atoms with Crippen molar-refractivity contribution in [3.63, 3.8) is 0 Å². The Labute approximate surface area is 126 Å². The number of nitrogens with one attached hydrogen (secondary N) is 1. The van der Waals surface area contributed by atoms with Gasteiger partial charge in [-0.05, 0) is 26.0 Å². The van der Waals surface area contributed by atoms with E-state index >= 15 is 0 Å². The molecule has 0 bridgehead atoms. The molecule has 1 amide bonds. The van der Waals surface area contributed by atoms with Crippen LogP contribution in [0.3, 0.4) is 0 Å². The quantitative estimate of drug-likeness (QED) is 0.804. The zero-order valence-electron chi connectivity index (χ0n) is 12.4. The molecule has 0 unspecified atom stereocenters. The summed E-state index contributed by atoms with van der Waals surface area (Å²) in [4.78, 5) is 11.6. The largest absolute Gasteiger partial charge is 0.480 e. The maximum absolute atomic E-state index is 12.2. The van der Waals surface area contributed by atoms with Gasteiger partial charge in [0.2, 0.25) is 0 Å². The Morgan fingerprint density at radius 1 is 1.18 bits per heavy atom. The highest BCUT2D eigenvalue weighted by molar-refractivity contribution is 5.77. The van der Waals surface area contributed by atoms with E-state index in [0.717, 1.165) is 0 Å². The predicted molar refractivity (Wildman–Crippen MR) is 74.8 cm³/mol. The monoisotopic (exact) mass is 320 g/mol. The van der Waals surface area contributed by atoms with Crippen molar-refractivity contribution >= 4 is 5.91 Å². The third kappa shape index (κ3) is 7.72. The van der Waals surface area contributed by atoms with Crippen LogP contribution in [-0.2, 0) is 4.79 Å². The fourth-order valence-electron chi connectivity index (χ4n) is 1.37. The lowest BCUT2D eigenvalue weighted by Gasteiger charge is -2.19. The summed E-state index contributed by atoms with van der Waals surface area (Å²) in [6.45, 7) is 1.97. The Morgan fingerprint density at radius 3 is 2.23 bits per heavy atom. The Kier molecular flexibility index (Phi) is 6.04. The lowest BCUT2D eigenvalue weighted by Crippen LogP contribution is -2.46. The number of benzene rings is 1. The molecule has 5 nitrogen and oxygen atoms in total. The number of para-hydroxylation sites is 2. The molecule has 0 saturated carbocycles. The van der Waals surface area contributed by atoms with Crippen molar-refractivity contribution in [2.24, 2.45) is 5.73 Å². The van der Waals surface area contributed by atoms with E-state index in [1.165, 1.54) is 18.2 Å². The first-order valence-electron chi connectivity index (χ1n) is 6.54. The number of carbonyl (C=O) groups excluding carboxylic acids is 1. The minimum Gasteiger partial charge on any atom is -0.480 e. The molecule has 3 N–H and O–H groups in total. The molecule has 0 spiro atoms. The van der Waals surface area contributed by atoms with Crippen LogP contribution in [0.1, 0.15) is 13.8 Å². The smallest absolute Gasteiger partial charge is 0.422 e. The van der Waals surface area contributed by atoms with E-state index in [1.807, 2.05) is 0 Å². The normalized spacial score (nSPS) is 11.9. The van der Waals surface area contributed by atoms with Crippen LogP contribution in [0.5, 0.6) is 11.5 Å². The van der Waals surface area contributed by atoms with E-state index in [1.54, 1.807) is 19.9 Å². The Bertz CT molecular complexity index is 499. The highest BCUT2D eigenvalue weighted by atomic mass is 19.4. The third-order valence-corrected chi connectivity index (χ3v) is 2.34. The van der Waals surface area contributed by atoms with E-state index in [-0.39, 0.29) is 24.7 Å². The van der Waals surface area contributed by atoms with Crippen molar-refractivity contribution in [1.29, 1.82) is 0 Å². The molecule has 0 aromatic heterocycles. The summed E-state index contributed by atoms with van der Waals surface area (Å²) in [6.07, 6.45) is -4.45. The molecule has 8 heteroatoms. The number of ether oxygens (including phenoxy) is 2. The van der Waals surface area contributed by atoms with Crippen molar-refractivity contribution in [2.45, 2.75) is 25.6 Å². The fourth-order valence-corrected chi connectivity index (χ4v) is 1.37. The molecule has 124 valence electrons. The standard InChI is InChI=1S/C14H19F3N2O3/c1-13(2,18)8-19-12(20)7-21-10-5-3-4-6-11(10)22-9-14(15,16)17/h3-6H,7-9,18H2,1-2H3,(H,19,20). The van der Waals surface area contributed by atoms with Crippen LogP contribution in [0.2, 0.25) is 0 Å². The number of amides is 1. The molecule has 1 rings (SSSR count). The van der Waals surface area contributed by atoms with Crippen LogP contribution in [-0.4, -0.2) is 37.4 Å². The maximum atomic E-state index is 12.2. The summed E-state index contributed by atoms with van der Waals surface area (Å²) in [5, 5.41) is 2.56. The van der Waals surface area contributed by atoms with Crippen LogP contribution < -0.4 is 20.5 Å². The number of nitrogens with two attached hydrogens (primary N) is 1. The van der Waals surface area contributed by atoms with Gasteiger partial charge in [0.15, 0.2) is 24.7 Å². The summed E-state index contributed by atoms with van der Waals surface area (Å²) >= 11 is 0. The van der Waals surface area contributed by atoms with Gasteiger partial charge < -0.3 is 20.5 Å². The van der Waals surface area contributed by atoms with E-state index in [9.17, 15) is 18.0 Å².